The quantitative estimate of drug-likeness (QED) is 0.456. The molecule has 0 fully saturated rings. The third-order valence-corrected chi connectivity index (χ3v) is 3.75. The summed E-state index contributed by atoms with van der Waals surface area (Å²) in [7, 11) is 1.44. The molecule has 112 valence electrons. The number of hydrogen-bond acceptors (Lipinski definition) is 5. The Morgan fingerprint density at radius 3 is 2.55 bits per heavy atom. The normalized spacial score (nSPS) is 12.2. The molecule has 0 aliphatic heterocycles. The molecule has 0 saturated heterocycles. The summed E-state index contributed by atoms with van der Waals surface area (Å²) in [5, 5.41) is 10.8. The number of benzene rings is 1. The Hall–Kier alpha value is -1.41. The van der Waals surface area contributed by atoms with E-state index in [-0.39, 0.29) is 18.1 Å². The summed E-state index contributed by atoms with van der Waals surface area (Å²) in [4.78, 5) is 10.00. The molecule has 0 aliphatic carbocycles. The minimum Gasteiger partial charge on any atom is -0.486 e. The summed E-state index contributed by atoms with van der Waals surface area (Å²) in [5.41, 5.74) is -1.36. The molecular weight excluding hydrogens is 313 g/mol. The fraction of sp³-hybridized carbons (Fsp3) is 0.455. The van der Waals surface area contributed by atoms with E-state index in [4.69, 9.17) is 15.4 Å². The third-order valence-electron chi connectivity index (χ3n) is 2.30. The van der Waals surface area contributed by atoms with Gasteiger partial charge in [0.15, 0.2) is 5.75 Å². The van der Waals surface area contributed by atoms with Crippen molar-refractivity contribution in [3.05, 3.63) is 34.1 Å². The van der Waals surface area contributed by atoms with Crippen LogP contribution in [-0.4, -0.2) is 25.7 Å². The highest BCUT2D eigenvalue weighted by Gasteiger charge is 2.27. The SMILES string of the molecule is CC(C)(COc1ccc(F)cc1[N+](=O)[O-])CS(=O)(=O)Cl. The molecule has 0 heterocycles. The maximum atomic E-state index is 12.9. The van der Waals surface area contributed by atoms with Crippen LogP contribution < -0.4 is 4.74 Å². The zero-order valence-electron chi connectivity index (χ0n) is 10.8. The minimum absolute atomic E-state index is 0.120. The van der Waals surface area contributed by atoms with Gasteiger partial charge in [-0.15, -0.1) is 0 Å². The van der Waals surface area contributed by atoms with Crippen molar-refractivity contribution in [3.8, 4) is 5.75 Å². The maximum absolute atomic E-state index is 12.9. The Balaban J connectivity index is 2.87. The zero-order valence-corrected chi connectivity index (χ0v) is 12.4. The number of nitro benzene ring substituents is 1. The van der Waals surface area contributed by atoms with Gasteiger partial charge in [-0.05, 0) is 12.1 Å². The largest absolute Gasteiger partial charge is 0.486 e. The van der Waals surface area contributed by atoms with E-state index in [9.17, 15) is 22.9 Å². The molecule has 0 aromatic heterocycles. The number of nitrogens with zero attached hydrogens (tertiary/aromatic N) is 1. The van der Waals surface area contributed by atoms with Crippen LogP contribution in [0.25, 0.3) is 0 Å². The van der Waals surface area contributed by atoms with Gasteiger partial charge in [0.25, 0.3) is 0 Å². The van der Waals surface area contributed by atoms with E-state index >= 15 is 0 Å². The van der Waals surface area contributed by atoms with Crippen LogP contribution >= 0.6 is 10.7 Å². The lowest BCUT2D eigenvalue weighted by molar-refractivity contribution is -0.386. The third kappa shape index (κ3) is 5.30. The van der Waals surface area contributed by atoms with Gasteiger partial charge in [-0.1, -0.05) is 13.8 Å². The van der Waals surface area contributed by atoms with Crippen LogP contribution in [0.3, 0.4) is 0 Å². The van der Waals surface area contributed by atoms with Gasteiger partial charge in [-0.2, -0.15) is 0 Å². The average molecular weight is 326 g/mol. The highest BCUT2D eigenvalue weighted by Crippen LogP contribution is 2.30. The van der Waals surface area contributed by atoms with E-state index in [1.54, 1.807) is 13.8 Å². The standard InChI is InChI=1S/C11H13ClFNO5S/c1-11(2,7-20(12,17)18)6-19-10-4-3-8(13)5-9(10)14(15)16/h3-5H,6-7H2,1-2H3. The molecule has 1 aromatic rings. The van der Waals surface area contributed by atoms with Crippen LogP contribution in [0.5, 0.6) is 5.75 Å². The zero-order chi connectivity index (χ0) is 15.6. The van der Waals surface area contributed by atoms with Crippen LogP contribution in [0.1, 0.15) is 13.8 Å². The van der Waals surface area contributed by atoms with E-state index in [1.807, 2.05) is 0 Å². The van der Waals surface area contributed by atoms with Crippen molar-refractivity contribution in [1.82, 2.24) is 0 Å². The summed E-state index contributed by atoms with van der Waals surface area (Å²) in [6.07, 6.45) is 0. The number of hydrogen-bond donors (Lipinski definition) is 0. The van der Waals surface area contributed by atoms with Crippen LogP contribution in [0, 0.1) is 21.3 Å². The first-order chi connectivity index (χ1) is 9.00. The van der Waals surface area contributed by atoms with Crippen molar-refractivity contribution in [2.24, 2.45) is 5.41 Å². The predicted molar refractivity (Wildman–Crippen MR) is 72.0 cm³/mol. The van der Waals surface area contributed by atoms with Gasteiger partial charge >= 0.3 is 5.69 Å². The number of ether oxygens (including phenoxy) is 1. The first-order valence-electron chi connectivity index (χ1n) is 5.49. The van der Waals surface area contributed by atoms with Crippen molar-refractivity contribution >= 4 is 25.4 Å². The highest BCUT2D eigenvalue weighted by atomic mass is 35.7. The number of halogens is 2. The van der Waals surface area contributed by atoms with Gasteiger partial charge in [-0.3, -0.25) is 10.1 Å². The summed E-state index contributed by atoms with van der Waals surface area (Å²) in [6, 6.07) is 2.88. The minimum atomic E-state index is -3.72. The summed E-state index contributed by atoms with van der Waals surface area (Å²) in [6.45, 7) is 3.05. The van der Waals surface area contributed by atoms with Gasteiger partial charge in [-0.25, -0.2) is 12.8 Å². The van der Waals surface area contributed by atoms with Crippen LogP contribution in [0.4, 0.5) is 10.1 Å². The second-order valence-corrected chi connectivity index (χ2v) is 7.78. The summed E-state index contributed by atoms with van der Waals surface area (Å²) in [5.74, 6) is -1.24. The van der Waals surface area contributed by atoms with Gasteiger partial charge in [0.05, 0.1) is 23.3 Å². The molecule has 6 nitrogen and oxygen atoms in total. The molecule has 0 unspecified atom stereocenters. The van der Waals surface area contributed by atoms with E-state index in [1.165, 1.54) is 0 Å². The smallest absolute Gasteiger partial charge is 0.313 e. The molecule has 0 aliphatic rings. The lowest BCUT2D eigenvalue weighted by Crippen LogP contribution is -2.28. The second-order valence-electron chi connectivity index (χ2n) is 5.01. The lowest BCUT2D eigenvalue weighted by Gasteiger charge is -2.22. The van der Waals surface area contributed by atoms with Crippen LogP contribution in [0.15, 0.2) is 18.2 Å². The summed E-state index contributed by atoms with van der Waals surface area (Å²) < 4.78 is 40.2. The van der Waals surface area contributed by atoms with Crippen molar-refractivity contribution in [3.63, 3.8) is 0 Å². The molecule has 0 saturated carbocycles. The molecular formula is C11H13ClFNO5S. The fourth-order valence-electron chi connectivity index (χ4n) is 1.54. The summed E-state index contributed by atoms with van der Waals surface area (Å²) >= 11 is 0. The van der Waals surface area contributed by atoms with Crippen molar-refractivity contribution in [2.75, 3.05) is 12.4 Å². The Morgan fingerprint density at radius 2 is 2.05 bits per heavy atom. The molecule has 0 bridgehead atoms. The van der Waals surface area contributed by atoms with Crippen molar-refractivity contribution < 1.29 is 22.5 Å². The van der Waals surface area contributed by atoms with E-state index < -0.39 is 30.9 Å². The first kappa shape index (κ1) is 16.6. The molecule has 1 rings (SSSR count). The topological polar surface area (TPSA) is 86.5 Å². The molecule has 9 heteroatoms. The van der Waals surface area contributed by atoms with Crippen molar-refractivity contribution in [1.29, 1.82) is 0 Å². The molecule has 0 amide bonds. The maximum Gasteiger partial charge on any atom is 0.313 e. The number of rotatable bonds is 6. The predicted octanol–water partition coefficient (Wildman–Crippen LogP) is 2.71. The van der Waals surface area contributed by atoms with Gasteiger partial charge < -0.3 is 4.74 Å². The first-order valence-corrected chi connectivity index (χ1v) is 7.97. The molecule has 0 atom stereocenters. The van der Waals surface area contributed by atoms with Crippen LogP contribution in [0.2, 0.25) is 0 Å². The van der Waals surface area contributed by atoms with E-state index in [2.05, 4.69) is 0 Å². The average Bonchev–Trinajstić information content (AvgIpc) is 2.23. The second kappa shape index (κ2) is 5.92. The van der Waals surface area contributed by atoms with Gasteiger partial charge in [0.2, 0.25) is 9.05 Å². The monoisotopic (exact) mass is 325 g/mol. The fourth-order valence-corrected chi connectivity index (χ4v) is 3.44. The Bertz CT molecular complexity index is 617. The van der Waals surface area contributed by atoms with Gasteiger partial charge in [0, 0.05) is 16.1 Å². The molecule has 20 heavy (non-hydrogen) atoms. The molecule has 1 aromatic carbocycles. The van der Waals surface area contributed by atoms with Gasteiger partial charge in [0.1, 0.15) is 5.82 Å². The molecule has 0 radical (unpaired) electrons. The van der Waals surface area contributed by atoms with E-state index in [0.29, 0.717) is 0 Å². The Morgan fingerprint density at radius 1 is 1.45 bits per heavy atom. The Kier molecular flexibility index (Phi) is 4.93. The lowest BCUT2D eigenvalue weighted by atomic mass is 9.98. The molecule has 0 N–H and O–H groups in total. The Labute approximate surface area is 120 Å². The highest BCUT2D eigenvalue weighted by molar-refractivity contribution is 8.13. The van der Waals surface area contributed by atoms with E-state index in [0.717, 1.165) is 18.2 Å². The molecule has 0 spiro atoms. The van der Waals surface area contributed by atoms with Crippen LogP contribution in [-0.2, 0) is 9.05 Å². The van der Waals surface area contributed by atoms with Crippen molar-refractivity contribution in [2.45, 2.75) is 13.8 Å². The number of nitro groups is 1.